The van der Waals surface area contributed by atoms with Gasteiger partial charge in [0.25, 0.3) is 5.88 Å². The van der Waals surface area contributed by atoms with Crippen LogP contribution in [-0.4, -0.2) is 20.6 Å². The minimum Gasteiger partial charge on any atom is -0.478 e. The lowest BCUT2D eigenvalue weighted by Crippen LogP contribution is -2.20. The van der Waals surface area contributed by atoms with Gasteiger partial charge in [0.05, 0.1) is 5.56 Å². The number of ether oxygens (including phenoxy) is 1. The lowest BCUT2D eigenvalue weighted by Gasteiger charge is -2.07. The maximum Gasteiger partial charge on any atom is 0.335 e. The van der Waals surface area contributed by atoms with Crippen LogP contribution >= 0.6 is 0 Å². The highest BCUT2D eigenvalue weighted by Gasteiger charge is 2.25. The van der Waals surface area contributed by atoms with E-state index >= 15 is 0 Å². The van der Waals surface area contributed by atoms with Crippen LogP contribution in [0, 0.1) is 0 Å². The Morgan fingerprint density at radius 2 is 2.00 bits per heavy atom. The number of carbonyl (C=O) groups is 1. The second kappa shape index (κ2) is 4.80. The van der Waals surface area contributed by atoms with Crippen molar-refractivity contribution in [2.75, 3.05) is 0 Å². The summed E-state index contributed by atoms with van der Waals surface area (Å²) in [5.74, 6) is -0.624. The third kappa shape index (κ3) is 2.40. The van der Waals surface area contributed by atoms with Gasteiger partial charge in [-0.1, -0.05) is 0 Å². The van der Waals surface area contributed by atoms with Crippen LogP contribution in [0.5, 0.6) is 11.6 Å². The van der Waals surface area contributed by atoms with Crippen LogP contribution in [0.3, 0.4) is 0 Å². The van der Waals surface area contributed by atoms with Crippen LogP contribution in [0.25, 0.3) is 0 Å². The zero-order chi connectivity index (χ0) is 14.1. The number of hydrogen-bond donors (Lipinski definition) is 1. The molecule has 1 aliphatic rings. The first-order chi connectivity index (χ1) is 9.65. The van der Waals surface area contributed by atoms with Crippen LogP contribution < -0.4 is 10.3 Å². The molecule has 1 aliphatic carbocycles. The third-order valence-corrected chi connectivity index (χ3v) is 3.09. The summed E-state index contributed by atoms with van der Waals surface area (Å²) in [6.45, 7) is 0. The number of aromatic nitrogens is 2. The Labute approximate surface area is 114 Å². The zero-order valence-corrected chi connectivity index (χ0v) is 10.5. The molecule has 1 saturated carbocycles. The molecule has 20 heavy (non-hydrogen) atoms. The van der Waals surface area contributed by atoms with Crippen molar-refractivity contribution in [1.82, 2.24) is 9.55 Å². The summed E-state index contributed by atoms with van der Waals surface area (Å²) < 4.78 is 7.04. The third-order valence-electron chi connectivity index (χ3n) is 3.09. The van der Waals surface area contributed by atoms with Crippen molar-refractivity contribution in [3.05, 3.63) is 52.6 Å². The molecular weight excluding hydrogens is 260 g/mol. The molecule has 0 saturated heterocycles. The van der Waals surface area contributed by atoms with Crippen molar-refractivity contribution in [2.24, 2.45) is 0 Å². The van der Waals surface area contributed by atoms with Gasteiger partial charge in [-0.25, -0.2) is 9.78 Å². The quantitative estimate of drug-likeness (QED) is 0.921. The summed E-state index contributed by atoms with van der Waals surface area (Å²) in [5.41, 5.74) is -0.105. The van der Waals surface area contributed by atoms with Gasteiger partial charge < -0.3 is 14.4 Å². The second-order valence-corrected chi connectivity index (χ2v) is 4.61. The molecule has 0 unspecified atom stereocenters. The average molecular weight is 272 g/mol. The zero-order valence-electron chi connectivity index (χ0n) is 10.5. The molecule has 0 spiro atoms. The predicted molar refractivity (Wildman–Crippen MR) is 70.2 cm³/mol. The van der Waals surface area contributed by atoms with Crippen molar-refractivity contribution < 1.29 is 14.6 Å². The van der Waals surface area contributed by atoms with Crippen LogP contribution in [0.2, 0.25) is 0 Å². The van der Waals surface area contributed by atoms with Crippen molar-refractivity contribution in [3.8, 4) is 11.6 Å². The standard InChI is InChI=1S/C14H12N2O4/c17-13-12(15-7-8-16(13)10-3-4-10)20-11-5-1-9(2-6-11)14(18)19/h1-2,5-8,10H,3-4H2,(H,18,19). The molecule has 1 aromatic heterocycles. The largest absolute Gasteiger partial charge is 0.478 e. The number of aromatic carboxylic acids is 1. The lowest BCUT2D eigenvalue weighted by atomic mass is 10.2. The van der Waals surface area contributed by atoms with Gasteiger partial charge in [0.1, 0.15) is 5.75 Å². The molecule has 0 amide bonds. The molecule has 102 valence electrons. The molecule has 0 radical (unpaired) electrons. The minimum atomic E-state index is -1.01. The molecule has 0 aliphatic heterocycles. The number of rotatable bonds is 4. The predicted octanol–water partition coefficient (Wildman–Crippen LogP) is 2.07. The first-order valence-electron chi connectivity index (χ1n) is 6.23. The van der Waals surface area contributed by atoms with Crippen molar-refractivity contribution in [1.29, 1.82) is 0 Å². The normalized spacial score (nSPS) is 14.0. The fourth-order valence-corrected chi connectivity index (χ4v) is 1.89. The van der Waals surface area contributed by atoms with E-state index < -0.39 is 5.97 Å². The van der Waals surface area contributed by atoms with Crippen LogP contribution in [-0.2, 0) is 0 Å². The Hall–Kier alpha value is -2.63. The smallest absolute Gasteiger partial charge is 0.335 e. The van der Waals surface area contributed by atoms with Gasteiger partial charge in [-0.15, -0.1) is 0 Å². The summed E-state index contributed by atoms with van der Waals surface area (Å²) in [6.07, 6.45) is 5.17. The topological polar surface area (TPSA) is 81.4 Å². The molecule has 1 N–H and O–H groups in total. The molecule has 3 rings (SSSR count). The van der Waals surface area contributed by atoms with E-state index in [1.807, 2.05) is 0 Å². The Morgan fingerprint density at radius 3 is 2.60 bits per heavy atom. The fraction of sp³-hybridized carbons (Fsp3) is 0.214. The van der Waals surface area contributed by atoms with Gasteiger partial charge in [0.2, 0.25) is 0 Å². The van der Waals surface area contributed by atoms with Gasteiger partial charge in [0, 0.05) is 18.4 Å². The van der Waals surface area contributed by atoms with Crippen molar-refractivity contribution >= 4 is 5.97 Å². The number of benzene rings is 1. The molecule has 1 fully saturated rings. The monoisotopic (exact) mass is 272 g/mol. The first kappa shape index (κ1) is 12.4. The fourth-order valence-electron chi connectivity index (χ4n) is 1.89. The van der Waals surface area contributed by atoms with E-state index in [9.17, 15) is 9.59 Å². The SMILES string of the molecule is O=C(O)c1ccc(Oc2nccn(C3CC3)c2=O)cc1. The average Bonchev–Trinajstić information content (AvgIpc) is 3.26. The summed E-state index contributed by atoms with van der Waals surface area (Å²) in [4.78, 5) is 26.8. The second-order valence-electron chi connectivity index (χ2n) is 4.61. The molecule has 6 heteroatoms. The number of carboxylic acid groups (broad SMARTS) is 1. The van der Waals surface area contributed by atoms with Gasteiger partial charge in [-0.2, -0.15) is 0 Å². The van der Waals surface area contributed by atoms with Gasteiger partial charge in [0.15, 0.2) is 0 Å². The van der Waals surface area contributed by atoms with E-state index in [-0.39, 0.29) is 23.0 Å². The highest BCUT2D eigenvalue weighted by Crippen LogP contribution is 2.33. The Balaban J connectivity index is 1.85. The van der Waals surface area contributed by atoms with Crippen molar-refractivity contribution in [2.45, 2.75) is 18.9 Å². The number of carboxylic acids is 1. The Bertz CT molecular complexity index is 702. The van der Waals surface area contributed by atoms with Gasteiger partial charge in [-0.05, 0) is 37.1 Å². The van der Waals surface area contributed by atoms with E-state index in [0.29, 0.717) is 5.75 Å². The van der Waals surface area contributed by atoms with E-state index in [2.05, 4.69) is 4.98 Å². The van der Waals surface area contributed by atoms with Crippen LogP contribution in [0.15, 0.2) is 41.5 Å². The molecule has 2 aromatic rings. The Kier molecular flexibility index (Phi) is 2.98. The van der Waals surface area contributed by atoms with E-state index in [0.717, 1.165) is 12.8 Å². The lowest BCUT2D eigenvalue weighted by molar-refractivity contribution is 0.0697. The van der Waals surface area contributed by atoms with Gasteiger partial charge in [-0.3, -0.25) is 4.79 Å². The Morgan fingerprint density at radius 1 is 1.30 bits per heavy atom. The molecule has 0 atom stereocenters. The van der Waals surface area contributed by atoms with E-state index in [4.69, 9.17) is 9.84 Å². The molecule has 1 aromatic carbocycles. The van der Waals surface area contributed by atoms with Crippen LogP contribution in [0.4, 0.5) is 0 Å². The first-order valence-corrected chi connectivity index (χ1v) is 6.23. The number of nitrogens with zero attached hydrogens (tertiary/aromatic N) is 2. The van der Waals surface area contributed by atoms with Crippen molar-refractivity contribution in [3.63, 3.8) is 0 Å². The summed E-state index contributed by atoms with van der Waals surface area (Å²) >= 11 is 0. The van der Waals surface area contributed by atoms with E-state index in [1.165, 1.54) is 30.5 Å². The maximum absolute atomic E-state index is 12.1. The summed E-state index contributed by atoms with van der Waals surface area (Å²) in [7, 11) is 0. The highest BCUT2D eigenvalue weighted by atomic mass is 16.5. The van der Waals surface area contributed by atoms with Crippen LogP contribution in [0.1, 0.15) is 29.2 Å². The van der Waals surface area contributed by atoms with Gasteiger partial charge >= 0.3 is 11.5 Å². The van der Waals surface area contributed by atoms with E-state index in [1.54, 1.807) is 10.8 Å². The number of hydrogen-bond acceptors (Lipinski definition) is 4. The minimum absolute atomic E-state index is 0.00229. The summed E-state index contributed by atoms with van der Waals surface area (Å²) in [6, 6.07) is 6.08. The highest BCUT2D eigenvalue weighted by molar-refractivity contribution is 5.87. The molecule has 6 nitrogen and oxygen atoms in total. The molecule has 0 bridgehead atoms. The maximum atomic E-state index is 12.1. The molecule has 1 heterocycles. The summed E-state index contributed by atoms with van der Waals surface area (Å²) in [5, 5.41) is 8.81. The molecular formula is C14H12N2O4.